The Balaban J connectivity index is 1.31. The molecule has 2 saturated carbocycles. The maximum Gasteiger partial charge on any atom is 0.333 e. The molecule has 11 heteroatoms. The lowest BCUT2D eigenvalue weighted by molar-refractivity contribution is -0.371. The third kappa shape index (κ3) is 4.85. The molecule has 0 unspecified atom stereocenters. The lowest BCUT2D eigenvalue weighted by Crippen LogP contribution is -2.77. The van der Waals surface area contributed by atoms with Gasteiger partial charge in [-0.3, -0.25) is 4.79 Å². The van der Waals surface area contributed by atoms with Crippen molar-refractivity contribution in [2.45, 2.75) is 93.6 Å². The largest absolute Gasteiger partial charge is 0.483 e. The van der Waals surface area contributed by atoms with E-state index in [1.165, 1.54) is 38.9 Å². The van der Waals surface area contributed by atoms with E-state index in [-0.39, 0.29) is 24.8 Å². The van der Waals surface area contributed by atoms with Gasteiger partial charge in [-0.1, -0.05) is 37.8 Å². The number of carboxylic acids is 1. The molecule has 1 aromatic heterocycles. The molecule has 2 bridgehead atoms. The highest BCUT2D eigenvalue weighted by atomic mass is 16.7. The molecular formula is C32H41NO10. The lowest BCUT2D eigenvalue weighted by Gasteiger charge is -2.59. The van der Waals surface area contributed by atoms with Crippen molar-refractivity contribution in [3.63, 3.8) is 0 Å². The number of aliphatic hydroxyl groups is 3. The van der Waals surface area contributed by atoms with E-state index in [1.807, 2.05) is 0 Å². The van der Waals surface area contributed by atoms with Gasteiger partial charge in [0.05, 0.1) is 31.6 Å². The number of carbonyl (C=O) groups is 2. The van der Waals surface area contributed by atoms with Gasteiger partial charge < -0.3 is 44.4 Å². The maximum absolute atomic E-state index is 12.4. The maximum atomic E-state index is 12.4. The van der Waals surface area contributed by atoms with Crippen LogP contribution in [0.15, 0.2) is 30.4 Å². The number of carbonyl (C=O) groups excluding carboxylic acids is 1. The van der Waals surface area contributed by atoms with Crippen LogP contribution in [-0.4, -0.2) is 86.9 Å². The quantitative estimate of drug-likeness (QED) is 0.202. The summed E-state index contributed by atoms with van der Waals surface area (Å²) < 4.78 is 23.7. The van der Waals surface area contributed by atoms with Gasteiger partial charge in [0.2, 0.25) is 0 Å². The summed E-state index contributed by atoms with van der Waals surface area (Å²) in [5.74, 6) is -2.51. The summed E-state index contributed by atoms with van der Waals surface area (Å²) in [6.07, 6.45) is 6.16. The third-order valence-corrected chi connectivity index (χ3v) is 10.3. The summed E-state index contributed by atoms with van der Waals surface area (Å²) in [5.41, 5.74) is -1.33. The first-order valence-electron chi connectivity index (χ1n) is 15.2. The number of carboxylic acid groups (broad SMARTS) is 1. The zero-order valence-electron chi connectivity index (χ0n) is 24.4. The van der Waals surface area contributed by atoms with Gasteiger partial charge >= 0.3 is 11.9 Å². The van der Waals surface area contributed by atoms with Crippen LogP contribution in [0.2, 0.25) is 0 Å². The fourth-order valence-electron chi connectivity index (χ4n) is 8.15. The average Bonchev–Trinajstić information content (AvgIpc) is 3.65. The Morgan fingerprint density at radius 1 is 1.28 bits per heavy atom. The summed E-state index contributed by atoms with van der Waals surface area (Å²) in [7, 11) is 1.23. The van der Waals surface area contributed by atoms with E-state index in [0.29, 0.717) is 12.3 Å². The fraction of sp³-hybridized carbons (Fsp3) is 0.625. The molecule has 3 heterocycles. The van der Waals surface area contributed by atoms with Crippen molar-refractivity contribution >= 4 is 23.8 Å². The summed E-state index contributed by atoms with van der Waals surface area (Å²) in [6, 6.07) is 2.10. The van der Waals surface area contributed by atoms with Crippen LogP contribution in [-0.2, 0) is 35.0 Å². The van der Waals surface area contributed by atoms with Crippen LogP contribution in [0, 0.1) is 17.8 Å². The van der Waals surface area contributed by atoms with Gasteiger partial charge in [0, 0.05) is 28.3 Å². The minimum Gasteiger partial charge on any atom is -0.483 e. The van der Waals surface area contributed by atoms with Crippen molar-refractivity contribution in [1.29, 1.82) is 0 Å². The van der Waals surface area contributed by atoms with E-state index >= 15 is 0 Å². The molecule has 11 nitrogen and oxygen atoms in total. The Bertz CT molecular complexity index is 1430. The predicted molar refractivity (Wildman–Crippen MR) is 152 cm³/mol. The fourth-order valence-corrected chi connectivity index (χ4v) is 8.15. The van der Waals surface area contributed by atoms with Crippen LogP contribution in [0.25, 0.3) is 11.8 Å². The number of hydrogen-bond donors (Lipinski definition) is 5. The van der Waals surface area contributed by atoms with Gasteiger partial charge in [-0.05, 0) is 43.2 Å². The zero-order chi connectivity index (χ0) is 30.5. The van der Waals surface area contributed by atoms with Crippen LogP contribution < -0.4 is 10.6 Å². The number of nitrogens with one attached hydrogen (secondary N) is 1. The van der Waals surface area contributed by atoms with Crippen molar-refractivity contribution in [2.75, 3.05) is 13.7 Å². The second kappa shape index (κ2) is 11.5. The summed E-state index contributed by atoms with van der Waals surface area (Å²) in [4.78, 5) is 27.6. The normalized spacial score (nSPS) is 36.9. The van der Waals surface area contributed by atoms with Crippen LogP contribution in [0.4, 0.5) is 0 Å². The summed E-state index contributed by atoms with van der Waals surface area (Å²) >= 11 is 0. The Morgan fingerprint density at radius 3 is 2.72 bits per heavy atom. The van der Waals surface area contributed by atoms with Gasteiger partial charge in [0.1, 0.15) is 24.1 Å². The van der Waals surface area contributed by atoms with E-state index in [0.717, 1.165) is 28.3 Å². The minimum absolute atomic E-state index is 0.104. The highest BCUT2D eigenvalue weighted by Crippen LogP contribution is 2.53. The number of fused-ring (bicyclic) bond motifs is 2. The Kier molecular flexibility index (Phi) is 8.06. The van der Waals surface area contributed by atoms with E-state index in [2.05, 4.69) is 17.6 Å². The molecule has 0 radical (unpaired) electrons. The molecule has 0 aromatic carbocycles. The second-order valence-corrected chi connectivity index (χ2v) is 12.6. The molecule has 3 fully saturated rings. The number of rotatable bonds is 9. The number of ether oxygens (including phenoxy) is 4. The minimum atomic E-state index is -1.90. The summed E-state index contributed by atoms with van der Waals surface area (Å²) in [6.45, 7) is 3.35. The van der Waals surface area contributed by atoms with Crippen LogP contribution in [0.1, 0.15) is 57.1 Å². The van der Waals surface area contributed by atoms with Gasteiger partial charge in [-0.25, -0.2) is 4.79 Å². The molecular weight excluding hydrogens is 558 g/mol. The van der Waals surface area contributed by atoms with Crippen molar-refractivity contribution in [1.82, 2.24) is 4.98 Å². The zero-order valence-corrected chi connectivity index (χ0v) is 24.4. The first-order chi connectivity index (χ1) is 20.7. The van der Waals surface area contributed by atoms with Crippen LogP contribution >= 0.6 is 0 Å². The number of hydrogen-bond acceptors (Lipinski definition) is 9. The molecule has 1 aromatic rings. The smallest absolute Gasteiger partial charge is 0.333 e. The van der Waals surface area contributed by atoms with Gasteiger partial charge in [0.25, 0.3) is 0 Å². The van der Waals surface area contributed by atoms with Crippen molar-refractivity contribution in [3.05, 3.63) is 46.6 Å². The number of aliphatic hydroxyl groups excluding tert-OH is 2. The lowest BCUT2D eigenvalue weighted by atomic mass is 9.63. The van der Waals surface area contributed by atoms with Crippen LogP contribution in [0.3, 0.4) is 0 Å². The van der Waals surface area contributed by atoms with Gasteiger partial charge in [0.15, 0.2) is 11.9 Å². The van der Waals surface area contributed by atoms with E-state index < -0.39 is 66.2 Å². The molecule has 234 valence electrons. The van der Waals surface area contributed by atoms with Gasteiger partial charge in [-0.2, -0.15) is 0 Å². The first kappa shape index (κ1) is 30.1. The number of methoxy groups -OCH3 is 1. The molecule has 5 aliphatic rings. The molecule has 1 saturated heterocycles. The SMILES string of the molecule is C=C[C@@H]1[C@H](CC(=O)O)C(C(=O)OC)=CC[C@H]1O[C@@H]1O[C@H](CO)[C@]23OC=c4[nH]c(CC5CCCC5)cc4=C2CC[C@@]1(O)[C@H]3O. The monoisotopic (exact) mass is 599 g/mol. The molecule has 8 atom stereocenters. The predicted octanol–water partition coefficient (Wildman–Crippen LogP) is 0.790. The average molecular weight is 600 g/mol. The molecule has 3 aliphatic carbocycles. The van der Waals surface area contributed by atoms with Crippen LogP contribution in [0.5, 0.6) is 0 Å². The van der Waals surface area contributed by atoms with Crippen molar-refractivity contribution < 1.29 is 49.0 Å². The topological polar surface area (TPSA) is 168 Å². The molecule has 0 amide bonds. The summed E-state index contributed by atoms with van der Waals surface area (Å²) in [5, 5.41) is 45.7. The Labute approximate surface area is 249 Å². The number of aliphatic carboxylic acids is 1. The number of aromatic nitrogens is 1. The highest BCUT2D eigenvalue weighted by Gasteiger charge is 2.69. The van der Waals surface area contributed by atoms with Gasteiger partial charge in [-0.15, -0.1) is 6.58 Å². The first-order valence-corrected chi connectivity index (χ1v) is 15.2. The number of aromatic amines is 1. The number of H-pyrrole nitrogens is 1. The standard InChI is InChI=1S/C32H41NO10/c1-3-19-21(14-27(35)36)20(28(37)40-2)8-9-25(19)42-30-31(39)11-10-23-22-13-18(12-17-6-4-5-7-17)33-24(22)16-41-32(23,29(31)38)26(15-34)43-30/h3,8,13,16-17,19,21,25-26,29-30,33-34,38-39H,1,4-7,9-12,14-15H2,2H3,(H,35,36)/t19-,21+,25-,26-,29-,30-,31-,32-/m1/s1. The second-order valence-electron chi connectivity index (χ2n) is 12.6. The Morgan fingerprint density at radius 2 is 2.05 bits per heavy atom. The molecule has 6 rings (SSSR count). The number of esters is 1. The Hall–Kier alpha value is -2.96. The van der Waals surface area contributed by atoms with Crippen molar-refractivity contribution in [2.24, 2.45) is 17.8 Å². The molecule has 43 heavy (non-hydrogen) atoms. The van der Waals surface area contributed by atoms with E-state index in [9.17, 15) is 30.0 Å². The van der Waals surface area contributed by atoms with Crippen molar-refractivity contribution in [3.8, 4) is 0 Å². The van der Waals surface area contributed by atoms with E-state index in [4.69, 9.17) is 18.9 Å². The molecule has 1 spiro atoms. The molecule has 5 N–H and O–H groups in total. The highest BCUT2D eigenvalue weighted by molar-refractivity contribution is 5.90. The molecule has 2 aliphatic heterocycles. The third-order valence-electron chi connectivity index (χ3n) is 10.3. The van der Waals surface area contributed by atoms with E-state index in [1.54, 1.807) is 12.3 Å².